The van der Waals surface area contributed by atoms with Gasteiger partial charge in [-0.2, -0.15) is 0 Å². The zero-order chi connectivity index (χ0) is 21.7. The van der Waals surface area contributed by atoms with Crippen LogP contribution >= 0.6 is 0 Å². The summed E-state index contributed by atoms with van der Waals surface area (Å²) >= 11 is 0. The van der Waals surface area contributed by atoms with Crippen molar-refractivity contribution in [1.82, 2.24) is 0 Å². The molecule has 0 unspecified atom stereocenters. The van der Waals surface area contributed by atoms with Crippen LogP contribution in [0.3, 0.4) is 0 Å². The standard InChI is InChI=1S/C26H21FN2O2/c1-16-7-12-21(15-17(16)2)29-25(30)23(19-8-10-20(27)11-9-19)24(26(29)31)28-14-13-18-5-3-4-6-22(18)28/h3-12,15H,13-14H2,1-2H3. The zero-order valence-electron chi connectivity index (χ0n) is 17.4. The van der Waals surface area contributed by atoms with Gasteiger partial charge in [-0.05, 0) is 72.9 Å². The van der Waals surface area contributed by atoms with E-state index in [1.807, 2.05) is 55.1 Å². The molecule has 0 saturated carbocycles. The molecule has 4 nitrogen and oxygen atoms in total. The third-order valence-electron chi connectivity index (χ3n) is 6.10. The van der Waals surface area contributed by atoms with Gasteiger partial charge in [0.25, 0.3) is 11.8 Å². The molecule has 3 aromatic rings. The number of hydrogen-bond acceptors (Lipinski definition) is 3. The molecular formula is C26H21FN2O2. The Morgan fingerprint density at radius 3 is 2.32 bits per heavy atom. The van der Waals surface area contributed by atoms with Gasteiger partial charge in [-0.1, -0.05) is 36.4 Å². The molecule has 154 valence electrons. The summed E-state index contributed by atoms with van der Waals surface area (Å²) in [6.45, 7) is 4.55. The number of imide groups is 1. The lowest BCUT2D eigenvalue weighted by Crippen LogP contribution is -2.35. The smallest absolute Gasteiger partial charge is 0.282 e. The molecule has 5 rings (SSSR count). The number of aryl methyl sites for hydroxylation is 2. The van der Waals surface area contributed by atoms with Crippen molar-refractivity contribution in [2.45, 2.75) is 20.3 Å². The van der Waals surface area contributed by atoms with E-state index in [0.717, 1.165) is 28.8 Å². The van der Waals surface area contributed by atoms with Crippen LogP contribution in [0.4, 0.5) is 15.8 Å². The van der Waals surface area contributed by atoms with Crippen molar-refractivity contribution in [3.05, 3.63) is 100 Å². The minimum atomic E-state index is -0.390. The van der Waals surface area contributed by atoms with Crippen molar-refractivity contribution in [3.63, 3.8) is 0 Å². The first-order chi connectivity index (χ1) is 15.0. The highest BCUT2D eigenvalue weighted by atomic mass is 19.1. The number of carbonyl (C=O) groups is 2. The Labute approximate surface area is 180 Å². The fourth-order valence-electron chi connectivity index (χ4n) is 4.32. The Morgan fingerprint density at radius 1 is 0.839 bits per heavy atom. The van der Waals surface area contributed by atoms with Gasteiger partial charge in [-0.25, -0.2) is 9.29 Å². The lowest BCUT2D eigenvalue weighted by molar-refractivity contribution is -0.120. The summed E-state index contributed by atoms with van der Waals surface area (Å²) in [4.78, 5) is 30.5. The van der Waals surface area contributed by atoms with Gasteiger partial charge < -0.3 is 4.90 Å². The molecular weight excluding hydrogens is 391 g/mol. The van der Waals surface area contributed by atoms with Crippen LogP contribution in [0, 0.1) is 19.7 Å². The maximum absolute atomic E-state index is 13.7. The molecule has 2 aliphatic rings. The fourth-order valence-corrected chi connectivity index (χ4v) is 4.32. The summed E-state index contributed by atoms with van der Waals surface area (Å²) in [6.07, 6.45) is 0.793. The van der Waals surface area contributed by atoms with Crippen molar-refractivity contribution in [3.8, 4) is 0 Å². The molecule has 5 heteroatoms. The Hall–Kier alpha value is -3.73. The minimum absolute atomic E-state index is 0.305. The van der Waals surface area contributed by atoms with Crippen LogP contribution in [-0.2, 0) is 16.0 Å². The predicted molar refractivity (Wildman–Crippen MR) is 119 cm³/mol. The Bertz CT molecular complexity index is 1260. The number of para-hydroxylation sites is 1. The number of amides is 2. The van der Waals surface area contributed by atoms with Crippen molar-refractivity contribution < 1.29 is 14.0 Å². The quantitative estimate of drug-likeness (QED) is 0.581. The first-order valence-electron chi connectivity index (χ1n) is 10.3. The number of benzene rings is 3. The van der Waals surface area contributed by atoms with Crippen LogP contribution in [0.1, 0.15) is 22.3 Å². The van der Waals surface area contributed by atoms with E-state index in [1.54, 1.807) is 18.2 Å². The van der Waals surface area contributed by atoms with E-state index in [9.17, 15) is 14.0 Å². The van der Waals surface area contributed by atoms with Crippen LogP contribution in [0.2, 0.25) is 0 Å². The molecule has 0 saturated heterocycles. The SMILES string of the molecule is Cc1ccc(N2C(=O)C(c3ccc(F)cc3)=C(N3CCc4ccccc43)C2=O)cc1C. The summed E-state index contributed by atoms with van der Waals surface area (Å²) < 4.78 is 13.6. The normalized spacial score (nSPS) is 15.8. The van der Waals surface area contributed by atoms with Gasteiger partial charge in [0, 0.05) is 12.2 Å². The maximum atomic E-state index is 13.7. The number of hydrogen-bond donors (Lipinski definition) is 0. The van der Waals surface area contributed by atoms with Gasteiger partial charge in [0.1, 0.15) is 11.5 Å². The van der Waals surface area contributed by atoms with E-state index in [4.69, 9.17) is 0 Å². The largest absolute Gasteiger partial charge is 0.336 e. The van der Waals surface area contributed by atoms with Gasteiger partial charge in [-0.3, -0.25) is 9.59 Å². The summed E-state index contributed by atoms with van der Waals surface area (Å²) in [5.41, 5.74) is 5.88. The minimum Gasteiger partial charge on any atom is -0.336 e. The highest BCUT2D eigenvalue weighted by molar-refractivity contribution is 6.46. The molecule has 0 aromatic heterocycles. The third kappa shape index (κ3) is 3.05. The van der Waals surface area contributed by atoms with Gasteiger partial charge in [-0.15, -0.1) is 0 Å². The van der Waals surface area contributed by atoms with Gasteiger partial charge >= 0.3 is 0 Å². The van der Waals surface area contributed by atoms with E-state index in [-0.39, 0.29) is 17.6 Å². The van der Waals surface area contributed by atoms with E-state index < -0.39 is 0 Å². The first kappa shape index (κ1) is 19.2. The van der Waals surface area contributed by atoms with E-state index in [0.29, 0.717) is 29.1 Å². The van der Waals surface area contributed by atoms with Crippen LogP contribution in [0.25, 0.3) is 5.57 Å². The lowest BCUT2D eigenvalue weighted by atomic mass is 10.0. The highest BCUT2D eigenvalue weighted by Crippen LogP contribution is 2.40. The van der Waals surface area contributed by atoms with E-state index in [1.165, 1.54) is 17.0 Å². The van der Waals surface area contributed by atoms with Crippen molar-refractivity contribution in [1.29, 1.82) is 0 Å². The second kappa shape index (κ2) is 7.20. The van der Waals surface area contributed by atoms with Crippen LogP contribution < -0.4 is 9.80 Å². The average molecular weight is 412 g/mol. The fraction of sp³-hybridized carbons (Fsp3) is 0.154. The third-order valence-corrected chi connectivity index (χ3v) is 6.10. The second-order valence-electron chi connectivity index (χ2n) is 7.98. The molecule has 0 fully saturated rings. The molecule has 2 heterocycles. The molecule has 0 aliphatic carbocycles. The number of anilines is 2. The number of halogens is 1. The van der Waals surface area contributed by atoms with E-state index in [2.05, 4.69) is 0 Å². The van der Waals surface area contributed by atoms with Crippen LogP contribution in [0.5, 0.6) is 0 Å². The summed E-state index contributed by atoms with van der Waals surface area (Å²) in [5, 5.41) is 0. The van der Waals surface area contributed by atoms with Crippen LogP contribution in [-0.4, -0.2) is 18.4 Å². The molecule has 3 aromatic carbocycles. The topological polar surface area (TPSA) is 40.6 Å². The molecule has 0 atom stereocenters. The molecule has 0 spiro atoms. The number of rotatable bonds is 3. The first-order valence-corrected chi connectivity index (χ1v) is 10.3. The van der Waals surface area contributed by atoms with Gasteiger partial charge in [0.05, 0.1) is 11.3 Å². The number of nitrogens with zero attached hydrogens (tertiary/aromatic N) is 2. The van der Waals surface area contributed by atoms with Crippen molar-refractivity contribution in [2.75, 3.05) is 16.3 Å². The van der Waals surface area contributed by atoms with Crippen molar-refractivity contribution >= 4 is 28.8 Å². The molecule has 31 heavy (non-hydrogen) atoms. The molecule has 2 amide bonds. The van der Waals surface area contributed by atoms with E-state index >= 15 is 0 Å². The Morgan fingerprint density at radius 2 is 1.58 bits per heavy atom. The molecule has 0 bridgehead atoms. The highest BCUT2D eigenvalue weighted by Gasteiger charge is 2.44. The van der Waals surface area contributed by atoms with Crippen molar-refractivity contribution in [2.24, 2.45) is 0 Å². The Kier molecular flexibility index (Phi) is 4.47. The molecule has 0 radical (unpaired) electrons. The summed E-state index contributed by atoms with van der Waals surface area (Å²) in [7, 11) is 0. The summed E-state index contributed by atoms with van der Waals surface area (Å²) in [6, 6.07) is 19.2. The number of carbonyl (C=O) groups excluding carboxylic acids is 2. The lowest BCUT2D eigenvalue weighted by Gasteiger charge is -2.22. The van der Waals surface area contributed by atoms with Gasteiger partial charge in [0.2, 0.25) is 0 Å². The van der Waals surface area contributed by atoms with Gasteiger partial charge in [0.15, 0.2) is 0 Å². The maximum Gasteiger partial charge on any atom is 0.282 e. The zero-order valence-corrected chi connectivity index (χ0v) is 17.4. The molecule has 2 aliphatic heterocycles. The van der Waals surface area contributed by atoms with Crippen LogP contribution in [0.15, 0.2) is 72.4 Å². The Balaban J connectivity index is 1.68. The number of fused-ring (bicyclic) bond motifs is 1. The summed E-state index contributed by atoms with van der Waals surface area (Å²) in [5.74, 6) is -1.14. The molecule has 0 N–H and O–H groups in total. The predicted octanol–water partition coefficient (Wildman–Crippen LogP) is 4.79. The average Bonchev–Trinajstić information content (AvgIpc) is 3.29. The second-order valence-corrected chi connectivity index (χ2v) is 7.98. The monoisotopic (exact) mass is 412 g/mol.